The fraction of sp³-hybridized carbons (Fsp3) is 0.267. The summed E-state index contributed by atoms with van der Waals surface area (Å²) in [5.41, 5.74) is 1.51. The van der Waals surface area contributed by atoms with Crippen molar-refractivity contribution >= 4 is 0 Å². The normalized spacial score (nSPS) is 10.2. The lowest BCUT2D eigenvalue weighted by atomic mass is 10.2. The highest BCUT2D eigenvalue weighted by Crippen LogP contribution is 2.28. The van der Waals surface area contributed by atoms with Crippen LogP contribution in [0.25, 0.3) is 0 Å². The van der Waals surface area contributed by atoms with E-state index < -0.39 is 0 Å². The maximum atomic E-state index is 9.15. The largest absolute Gasteiger partial charge is 0.493 e. The average molecular weight is 275 g/mol. The molecule has 0 aliphatic heterocycles. The second-order valence-electron chi connectivity index (χ2n) is 4.10. The van der Waals surface area contributed by atoms with Gasteiger partial charge in [0, 0.05) is 6.07 Å². The number of pyridine rings is 1. The van der Waals surface area contributed by atoms with Gasteiger partial charge in [-0.15, -0.1) is 0 Å². The Balaban J connectivity index is 2.12. The fourth-order valence-electron chi connectivity index (χ4n) is 1.74. The zero-order chi connectivity index (χ0) is 14.4. The number of hydrogen-bond acceptors (Lipinski definition) is 5. The molecule has 0 fully saturated rings. The zero-order valence-electron chi connectivity index (χ0n) is 11.5. The van der Waals surface area contributed by atoms with E-state index in [1.165, 1.54) is 0 Å². The summed E-state index contributed by atoms with van der Waals surface area (Å²) in [5.74, 6) is 1.73. The van der Waals surface area contributed by atoms with Crippen molar-refractivity contribution in [2.24, 2.45) is 0 Å². The molecule has 1 heterocycles. The Bertz CT molecular complexity index is 572. The van der Waals surface area contributed by atoms with Gasteiger partial charge in [-0.25, -0.2) is 4.98 Å². The predicted octanol–water partition coefficient (Wildman–Crippen LogP) is 2.17. The molecule has 1 N–H and O–H groups in total. The number of methoxy groups -OCH3 is 2. The number of rotatable bonds is 6. The van der Waals surface area contributed by atoms with Crippen LogP contribution < -0.4 is 14.2 Å². The van der Waals surface area contributed by atoms with Gasteiger partial charge < -0.3 is 19.3 Å². The van der Waals surface area contributed by atoms with Crippen LogP contribution in [0.1, 0.15) is 11.3 Å². The third-order valence-corrected chi connectivity index (χ3v) is 2.78. The molecule has 106 valence electrons. The van der Waals surface area contributed by atoms with Gasteiger partial charge in [0.2, 0.25) is 5.88 Å². The SMILES string of the molecule is COc1cccc(COc2cc(CO)ccc2OC)n1. The van der Waals surface area contributed by atoms with Gasteiger partial charge >= 0.3 is 0 Å². The minimum atomic E-state index is -0.0439. The van der Waals surface area contributed by atoms with Gasteiger partial charge in [-0.05, 0) is 23.8 Å². The molecule has 5 nitrogen and oxygen atoms in total. The van der Waals surface area contributed by atoms with Crippen LogP contribution >= 0.6 is 0 Å². The second kappa shape index (κ2) is 6.77. The maximum absolute atomic E-state index is 9.15. The molecule has 20 heavy (non-hydrogen) atoms. The Hall–Kier alpha value is -2.27. The number of nitrogens with zero attached hydrogens (tertiary/aromatic N) is 1. The van der Waals surface area contributed by atoms with Gasteiger partial charge in [0.15, 0.2) is 11.5 Å². The van der Waals surface area contributed by atoms with E-state index in [2.05, 4.69) is 4.98 Å². The summed E-state index contributed by atoms with van der Waals surface area (Å²) in [6, 6.07) is 10.8. The molecule has 0 atom stereocenters. The van der Waals surface area contributed by atoms with E-state index in [-0.39, 0.29) is 6.61 Å². The van der Waals surface area contributed by atoms with E-state index in [0.29, 0.717) is 24.0 Å². The quantitative estimate of drug-likeness (QED) is 0.875. The van der Waals surface area contributed by atoms with E-state index in [9.17, 15) is 0 Å². The Morgan fingerprint density at radius 2 is 1.90 bits per heavy atom. The fourth-order valence-corrected chi connectivity index (χ4v) is 1.74. The first-order valence-corrected chi connectivity index (χ1v) is 6.17. The minimum Gasteiger partial charge on any atom is -0.493 e. The lowest BCUT2D eigenvalue weighted by Gasteiger charge is -2.11. The van der Waals surface area contributed by atoms with Crippen LogP contribution in [0.3, 0.4) is 0 Å². The molecule has 2 rings (SSSR count). The molecule has 0 aliphatic carbocycles. The molecule has 2 aromatic rings. The number of aliphatic hydroxyl groups is 1. The van der Waals surface area contributed by atoms with Crippen molar-refractivity contribution in [3.8, 4) is 17.4 Å². The zero-order valence-corrected chi connectivity index (χ0v) is 11.5. The van der Waals surface area contributed by atoms with Crippen molar-refractivity contribution in [1.82, 2.24) is 4.98 Å². The number of aliphatic hydroxyl groups excluding tert-OH is 1. The average Bonchev–Trinajstić information content (AvgIpc) is 2.52. The molecule has 0 saturated heterocycles. The van der Waals surface area contributed by atoms with Gasteiger partial charge in [0.25, 0.3) is 0 Å². The third kappa shape index (κ3) is 3.39. The van der Waals surface area contributed by atoms with E-state index in [0.717, 1.165) is 11.3 Å². The van der Waals surface area contributed by atoms with Gasteiger partial charge in [-0.1, -0.05) is 12.1 Å². The van der Waals surface area contributed by atoms with Crippen molar-refractivity contribution < 1.29 is 19.3 Å². The molecule has 0 bridgehead atoms. The molecular formula is C15H17NO4. The molecule has 0 aliphatic rings. The molecule has 0 spiro atoms. The molecule has 0 amide bonds. The van der Waals surface area contributed by atoms with E-state index in [1.807, 2.05) is 12.1 Å². The van der Waals surface area contributed by atoms with Crippen LogP contribution in [-0.4, -0.2) is 24.3 Å². The number of hydrogen-bond donors (Lipinski definition) is 1. The van der Waals surface area contributed by atoms with Gasteiger partial charge in [-0.2, -0.15) is 0 Å². The van der Waals surface area contributed by atoms with Crippen molar-refractivity contribution in [2.45, 2.75) is 13.2 Å². The van der Waals surface area contributed by atoms with Crippen molar-refractivity contribution in [1.29, 1.82) is 0 Å². The first-order valence-electron chi connectivity index (χ1n) is 6.17. The Labute approximate surface area is 117 Å². The molecule has 0 radical (unpaired) electrons. The van der Waals surface area contributed by atoms with Crippen LogP contribution in [0, 0.1) is 0 Å². The number of aromatic nitrogens is 1. The summed E-state index contributed by atoms with van der Waals surface area (Å²) < 4.78 is 16.0. The van der Waals surface area contributed by atoms with Crippen molar-refractivity contribution in [3.63, 3.8) is 0 Å². The smallest absolute Gasteiger partial charge is 0.213 e. The predicted molar refractivity (Wildman–Crippen MR) is 74.0 cm³/mol. The van der Waals surface area contributed by atoms with Gasteiger partial charge in [0.05, 0.1) is 26.5 Å². The van der Waals surface area contributed by atoms with Crippen LogP contribution in [0.2, 0.25) is 0 Å². The lowest BCUT2D eigenvalue weighted by molar-refractivity contribution is 0.269. The minimum absolute atomic E-state index is 0.0439. The topological polar surface area (TPSA) is 60.8 Å². The van der Waals surface area contributed by atoms with E-state index >= 15 is 0 Å². The second-order valence-corrected chi connectivity index (χ2v) is 4.10. The first-order chi connectivity index (χ1) is 9.76. The highest BCUT2D eigenvalue weighted by molar-refractivity contribution is 5.42. The van der Waals surface area contributed by atoms with Crippen LogP contribution in [-0.2, 0) is 13.2 Å². The Kier molecular flexibility index (Phi) is 4.79. The summed E-state index contributed by atoms with van der Waals surface area (Å²) in [6.45, 7) is 0.250. The van der Waals surface area contributed by atoms with E-state index in [4.69, 9.17) is 19.3 Å². The van der Waals surface area contributed by atoms with E-state index in [1.54, 1.807) is 38.5 Å². The third-order valence-electron chi connectivity index (χ3n) is 2.78. The Morgan fingerprint density at radius 1 is 1.05 bits per heavy atom. The van der Waals surface area contributed by atoms with Gasteiger partial charge in [0.1, 0.15) is 6.61 Å². The Morgan fingerprint density at radius 3 is 2.60 bits per heavy atom. The highest BCUT2D eigenvalue weighted by atomic mass is 16.5. The standard InChI is InChI=1S/C15H17NO4/c1-18-13-7-6-11(9-17)8-14(13)20-10-12-4-3-5-15(16-12)19-2/h3-8,17H,9-10H2,1-2H3. The van der Waals surface area contributed by atoms with Crippen LogP contribution in [0.5, 0.6) is 17.4 Å². The number of benzene rings is 1. The molecule has 1 aromatic carbocycles. The summed E-state index contributed by atoms with van der Waals surface area (Å²) in [7, 11) is 3.14. The maximum Gasteiger partial charge on any atom is 0.213 e. The summed E-state index contributed by atoms with van der Waals surface area (Å²) in [6.07, 6.45) is 0. The summed E-state index contributed by atoms with van der Waals surface area (Å²) in [4.78, 5) is 4.27. The van der Waals surface area contributed by atoms with Crippen LogP contribution in [0.15, 0.2) is 36.4 Å². The van der Waals surface area contributed by atoms with Gasteiger partial charge in [-0.3, -0.25) is 0 Å². The molecular weight excluding hydrogens is 258 g/mol. The van der Waals surface area contributed by atoms with Crippen molar-refractivity contribution in [3.05, 3.63) is 47.7 Å². The highest BCUT2D eigenvalue weighted by Gasteiger charge is 2.07. The summed E-state index contributed by atoms with van der Waals surface area (Å²) >= 11 is 0. The van der Waals surface area contributed by atoms with Crippen LogP contribution in [0.4, 0.5) is 0 Å². The molecule has 0 unspecified atom stereocenters. The van der Waals surface area contributed by atoms with Crippen molar-refractivity contribution in [2.75, 3.05) is 14.2 Å². The lowest BCUT2D eigenvalue weighted by Crippen LogP contribution is -2.01. The summed E-state index contributed by atoms with van der Waals surface area (Å²) in [5, 5.41) is 9.15. The first kappa shape index (κ1) is 14.1. The monoisotopic (exact) mass is 275 g/mol. The molecule has 5 heteroatoms. The molecule has 1 aromatic heterocycles. The molecule has 0 saturated carbocycles. The number of ether oxygens (including phenoxy) is 3.